The molecule has 2 rings (SSSR count). The Morgan fingerprint density at radius 3 is 1.76 bits per heavy atom. The van der Waals surface area contributed by atoms with Crippen molar-refractivity contribution < 1.29 is 4.74 Å². The van der Waals surface area contributed by atoms with Crippen LogP contribution in [0.15, 0.2) is 48.0 Å². The SMILES string of the molecule is C=C(CC1=CCCC1)OC(=C)CC1=CCCC1. The van der Waals surface area contributed by atoms with Gasteiger partial charge < -0.3 is 4.74 Å². The summed E-state index contributed by atoms with van der Waals surface area (Å²) in [5.74, 6) is 1.70. The second-order valence-corrected chi connectivity index (χ2v) is 5.04. The zero-order chi connectivity index (χ0) is 12.1. The molecule has 0 aromatic heterocycles. The van der Waals surface area contributed by atoms with Crippen LogP contribution in [0.25, 0.3) is 0 Å². The lowest BCUT2D eigenvalue weighted by Crippen LogP contribution is -1.94. The molecule has 2 aliphatic carbocycles. The van der Waals surface area contributed by atoms with E-state index in [9.17, 15) is 0 Å². The maximum atomic E-state index is 5.70. The van der Waals surface area contributed by atoms with Crippen molar-refractivity contribution >= 4 is 0 Å². The number of hydrogen-bond donors (Lipinski definition) is 0. The van der Waals surface area contributed by atoms with E-state index in [4.69, 9.17) is 4.74 Å². The number of ether oxygens (including phenoxy) is 1. The maximum absolute atomic E-state index is 5.70. The minimum Gasteiger partial charge on any atom is -0.467 e. The molecule has 0 heterocycles. The first-order chi connectivity index (χ1) is 8.24. The van der Waals surface area contributed by atoms with E-state index in [1.54, 1.807) is 0 Å². The van der Waals surface area contributed by atoms with Crippen molar-refractivity contribution in [2.45, 2.75) is 51.4 Å². The van der Waals surface area contributed by atoms with Gasteiger partial charge in [0.25, 0.3) is 0 Å². The van der Waals surface area contributed by atoms with Crippen molar-refractivity contribution in [1.29, 1.82) is 0 Å². The van der Waals surface area contributed by atoms with Crippen molar-refractivity contribution in [3.8, 4) is 0 Å². The van der Waals surface area contributed by atoms with Gasteiger partial charge in [0, 0.05) is 12.8 Å². The molecule has 17 heavy (non-hydrogen) atoms. The van der Waals surface area contributed by atoms with E-state index in [-0.39, 0.29) is 0 Å². The quantitative estimate of drug-likeness (QED) is 0.459. The highest BCUT2D eigenvalue weighted by atomic mass is 16.5. The zero-order valence-electron chi connectivity index (χ0n) is 10.6. The average Bonchev–Trinajstić information content (AvgIpc) is 2.90. The topological polar surface area (TPSA) is 9.23 Å². The monoisotopic (exact) mass is 230 g/mol. The van der Waals surface area contributed by atoms with E-state index < -0.39 is 0 Å². The van der Waals surface area contributed by atoms with Gasteiger partial charge in [-0.3, -0.25) is 0 Å². The van der Waals surface area contributed by atoms with Crippen LogP contribution in [0.4, 0.5) is 0 Å². The van der Waals surface area contributed by atoms with Gasteiger partial charge in [-0.05, 0) is 38.5 Å². The fraction of sp³-hybridized carbons (Fsp3) is 0.500. The summed E-state index contributed by atoms with van der Waals surface area (Å²) < 4.78 is 5.70. The van der Waals surface area contributed by atoms with Gasteiger partial charge in [0.05, 0.1) is 0 Å². The van der Waals surface area contributed by atoms with Crippen molar-refractivity contribution in [3.63, 3.8) is 0 Å². The van der Waals surface area contributed by atoms with Gasteiger partial charge in [0.15, 0.2) is 0 Å². The van der Waals surface area contributed by atoms with Crippen LogP contribution in [0.1, 0.15) is 51.4 Å². The van der Waals surface area contributed by atoms with Crippen LogP contribution in [-0.2, 0) is 4.74 Å². The third-order valence-corrected chi connectivity index (χ3v) is 3.41. The molecule has 0 fully saturated rings. The molecule has 0 amide bonds. The van der Waals surface area contributed by atoms with Gasteiger partial charge in [0.1, 0.15) is 11.5 Å². The summed E-state index contributed by atoms with van der Waals surface area (Å²) in [6.07, 6.45) is 13.8. The van der Waals surface area contributed by atoms with Gasteiger partial charge in [-0.2, -0.15) is 0 Å². The van der Waals surface area contributed by atoms with Gasteiger partial charge in [0.2, 0.25) is 0 Å². The van der Waals surface area contributed by atoms with Crippen LogP contribution in [-0.4, -0.2) is 0 Å². The molecule has 1 heteroatoms. The highest BCUT2D eigenvalue weighted by molar-refractivity contribution is 5.17. The second kappa shape index (κ2) is 5.90. The third kappa shape index (κ3) is 3.92. The Morgan fingerprint density at radius 1 is 0.941 bits per heavy atom. The van der Waals surface area contributed by atoms with Crippen LogP contribution in [0.5, 0.6) is 0 Å². The summed E-state index contributed by atoms with van der Waals surface area (Å²) in [6, 6.07) is 0. The molecule has 0 aliphatic heterocycles. The standard InChI is InChI=1S/C16H22O/c1-13(11-15-7-3-4-8-15)17-14(2)12-16-9-5-6-10-16/h7,9H,1-6,8,10-12H2. The molecule has 92 valence electrons. The number of hydrogen-bond acceptors (Lipinski definition) is 1. The van der Waals surface area contributed by atoms with Crippen LogP contribution in [0, 0.1) is 0 Å². The highest BCUT2D eigenvalue weighted by Gasteiger charge is 2.10. The van der Waals surface area contributed by atoms with Gasteiger partial charge >= 0.3 is 0 Å². The van der Waals surface area contributed by atoms with Crippen LogP contribution in [0.3, 0.4) is 0 Å². The van der Waals surface area contributed by atoms with E-state index in [0.29, 0.717) is 0 Å². The smallest absolute Gasteiger partial charge is 0.100 e. The van der Waals surface area contributed by atoms with Crippen LogP contribution < -0.4 is 0 Å². The molecule has 1 nitrogen and oxygen atoms in total. The number of rotatable bonds is 6. The first-order valence-corrected chi connectivity index (χ1v) is 6.63. The highest BCUT2D eigenvalue weighted by Crippen LogP contribution is 2.27. The fourth-order valence-electron chi connectivity index (χ4n) is 2.58. The summed E-state index contributed by atoms with van der Waals surface area (Å²) >= 11 is 0. The average molecular weight is 230 g/mol. The molecule has 0 radical (unpaired) electrons. The first kappa shape index (κ1) is 12.2. The lowest BCUT2D eigenvalue weighted by atomic mass is 10.1. The molecule has 0 spiro atoms. The summed E-state index contributed by atoms with van der Waals surface area (Å²) in [5.41, 5.74) is 2.95. The Balaban J connectivity index is 1.72. The Morgan fingerprint density at radius 2 is 1.41 bits per heavy atom. The predicted octanol–water partition coefficient (Wildman–Crippen LogP) is 5.03. The summed E-state index contributed by atoms with van der Waals surface area (Å²) in [4.78, 5) is 0. The maximum Gasteiger partial charge on any atom is 0.100 e. The Hall–Kier alpha value is -1.24. The molecule has 0 aromatic rings. The van der Waals surface area contributed by atoms with E-state index in [0.717, 1.165) is 24.4 Å². The van der Waals surface area contributed by atoms with E-state index in [1.807, 2.05) is 0 Å². The minimum absolute atomic E-state index is 0.849. The molecular formula is C16H22O. The van der Waals surface area contributed by atoms with Crippen molar-refractivity contribution in [2.24, 2.45) is 0 Å². The third-order valence-electron chi connectivity index (χ3n) is 3.41. The summed E-state index contributed by atoms with van der Waals surface area (Å²) in [7, 11) is 0. The molecular weight excluding hydrogens is 208 g/mol. The van der Waals surface area contributed by atoms with E-state index in [2.05, 4.69) is 25.3 Å². The molecule has 0 saturated carbocycles. The summed E-state index contributed by atoms with van der Waals surface area (Å²) in [5, 5.41) is 0. The van der Waals surface area contributed by atoms with Gasteiger partial charge in [-0.1, -0.05) is 36.5 Å². The molecule has 0 N–H and O–H groups in total. The molecule has 0 bridgehead atoms. The molecule has 0 atom stereocenters. The molecule has 0 aromatic carbocycles. The zero-order valence-corrected chi connectivity index (χ0v) is 10.6. The second-order valence-electron chi connectivity index (χ2n) is 5.04. The normalized spacial score (nSPS) is 18.8. The predicted molar refractivity (Wildman–Crippen MR) is 72.5 cm³/mol. The summed E-state index contributed by atoms with van der Waals surface area (Å²) in [6.45, 7) is 7.98. The van der Waals surface area contributed by atoms with E-state index in [1.165, 1.54) is 49.7 Å². The fourth-order valence-corrected chi connectivity index (χ4v) is 2.58. The largest absolute Gasteiger partial charge is 0.467 e. The lowest BCUT2D eigenvalue weighted by molar-refractivity contribution is 0.291. The van der Waals surface area contributed by atoms with Gasteiger partial charge in [-0.25, -0.2) is 0 Å². The van der Waals surface area contributed by atoms with E-state index >= 15 is 0 Å². The molecule has 0 saturated heterocycles. The molecule has 0 unspecified atom stereocenters. The van der Waals surface area contributed by atoms with Crippen molar-refractivity contribution in [1.82, 2.24) is 0 Å². The lowest BCUT2D eigenvalue weighted by Gasteiger charge is -2.12. The number of allylic oxidation sites excluding steroid dienone is 4. The Kier molecular flexibility index (Phi) is 4.24. The first-order valence-electron chi connectivity index (χ1n) is 6.63. The van der Waals surface area contributed by atoms with Crippen LogP contribution in [0.2, 0.25) is 0 Å². The Labute approximate surface area is 105 Å². The Bertz CT molecular complexity index is 335. The molecule has 2 aliphatic rings. The van der Waals surface area contributed by atoms with Crippen molar-refractivity contribution in [3.05, 3.63) is 48.0 Å². The minimum atomic E-state index is 0.849. The van der Waals surface area contributed by atoms with Crippen LogP contribution >= 0.6 is 0 Å². The van der Waals surface area contributed by atoms with Gasteiger partial charge in [-0.15, -0.1) is 0 Å². The van der Waals surface area contributed by atoms with Crippen molar-refractivity contribution in [2.75, 3.05) is 0 Å².